The minimum atomic E-state index is -0.381. The van der Waals surface area contributed by atoms with Gasteiger partial charge >= 0.3 is 0 Å². The second-order valence-electron chi connectivity index (χ2n) is 6.52. The number of halogens is 1. The maximum atomic E-state index is 14.7. The first-order valence-electron chi connectivity index (χ1n) is 8.70. The molecule has 4 heterocycles. The fourth-order valence-corrected chi connectivity index (χ4v) is 3.26. The third-order valence-electron chi connectivity index (χ3n) is 4.75. The maximum absolute atomic E-state index is 14.7. The summed E-state index contributed by atoms with van der Waals surface area (Å²) in [5, 5.41) is 1.42. The van der Waals surface area contributed by atoms with E-state index in [2.05, 4.69) is 19.9 Å². The Kier molecular flexibility index (Phi) is 3.72. The molecule has 4 aromatic heterocycles. The molecule has 0 aliphatic heterocycles. The van der Waals surface area contributed by atoms with E-state index in [1.807, 2.05) is 24.4 Å². The average molecular weight is 371 g/mol. The Morgan fingerprint density at radius 1 is 1.04 bits per heavy atom. The van der Waals surface area contributed by atoms with Crippen molar-refractivity contribution in [2.24, 2.45) is 0 Å². The summed E-state index contributed by atoms with van der Waals surface area (Å²) in [6.45, 7) is 0.102. The van der Waals surface area contributed by atoms with Crippen LogP contribution in [0.4, 0.5) is 4.39 Å². The van der Waals surface area contributed by atoms with Crippen molar-refractivity contribution in [1.82, 2.24) is 24.5 Å². The quantitative estimate of drug-likeness (QED) is 0.526. The van der Waals surface area contributed by atoms with Crippen LogP contribution in [0.2, 0.25) is 0 Å². The molecule has 0 saturated carbocycles. The Labute approximate surface area is 158 Å². The number of nitrogens with one attached hydrogen (secondary N) is 1. The summed E-state index contributed by atoms with van der Waals surface area (Å²) in [6.07, 6.45) is 8.02. The Bertz CT molecular complexity index is 1390. The van der Waals surface area contributed by atoms with Crippen molar-refractivity contribution >= 4 is 21.9 Å². The van der Waals surface area contributed by atoms with Gasteiger partial charge in [0.05, 0.1) is 30.0 Å². The molecule has 5 rings (SSSR count). The molecule has 6 nitrogen and oxygen atoms in total. The molecule has 0 amide bonds. The topological polar surface area (TPSA) is 76.5 Å². The second-order valence-corrected chi connectivity index (χ2v) is 6.52. The van der Waals surface area contributed by atoms with Crippen molar-refractivity contribution in [1.29, 1.82) is 0 Å². The molecule has 136 valence electrons. The summed E-state index contributed by atoms with van der Waals surface area (Å²) in [7, 11) is 0. The molecule has 0 aliphatic rings. The minimum Gasteiger partial charge on any atom is -0.346 e. The molecule has 0 aliphatic carbocycles. The lowest BCUT2D eigenvalue weighted by Gasteiger charge is -2.09. The van der Waals surface area contributed by atoms with Crippen molar-refractivity contribution in [2.45, 2.75) is 6.54 Å². The highest BCUT2D eigenvalue weighted by Gasteiger charge is 2.10. The van der Waals surface area contributed by atoms with Crippen molar-refractivity contribution < 1.29 is 4.39 Å². The number of H-pyrrole nitrogens is 1. The highest BCUT2D eigenvalue weighted by Crippen LogP contribution is 2.24. The fourth-order valence-electron chi connectivity index (χ4n) is 3.26. The van der Waals surface area contributed by atoms with Crippen LogP contribution in [0, 0.1) is 5.82 Å². The van der Waals surface area contributed by atoms with Gasteiger partial charge in [0.15, 0.2) is 0 Å². The van der Waals surface area contributed by atoms with E-state index < -0.39 is 0 Å². The fraction of sp³-hybridized carbons (Fsp3) is 0.0476. The Hall–Kier alpha value is -3.87. The van der Waals surface area contributed by atoms with Gasteiger partial charge in [-0.25, -0.2) is 14.4 Å². The number of hydrogen-bond donors (Lipinski definition) is 1. The van der Waals surface area contributed by atoms with Crippen LogP contribution < -0.4 is 5.56 Å². The maximum Gasteiger partial charge on any atom is 0.261 e. The van der Waals surface area contributed by atoms with Gasteiger partial charge in [-0.3, -0.25) is 14.3 Å². The number of aromatic amines is 1. The molecule has 1 aromatic carbocycles. The zero-order valence-corrected chi connectivity index (χ0v) is 14.6. The van der Waals surface area contributed by atoms with Crippen LogP contribution in [-0.4, -0.2) is 24.5 Å². The highest BCUT2D eigenvalue weighted by atomic mass is 19.1. The van der Waals surface area contributed by atoms with Crippen LogP contribution in [0.5, 0.6) is 0 Å². The van der Waals surface area contributed by atoms with Gasteiger partial charge in [-0.15, -0.1) is 0 Å². The lowest BCUT2D eigenvalue weighted by molar-refractivity contribution is 0.596. The largest absolute Gasteiger partial charge is 0.346 e. The van der Waals surface area contributed by atoms with E-state index >= 15 is 0 Å². The zero-order chi connectivity index (χ0) is 19.1. The molecule has 7 heteroatoms. The van der Waals surface area contributed by atoms with Gasteiger partial charge in [0.2, 0.25) is 0 Å². The minimum absolute atomic E-state index is 0.102. The number of benzene rings is 1. The number of aromatic nitrogens is 5. The first-order chi connectivity index (χ1) is 13.7. The predicted molar refractivity (Wildman–Crippen MR) is 104 cm³/mol. The zero-order valence-electron chi connectivity index (χ0n) is 14.6. The van der Waals surface area contributed by atoms with Crippen molar-refractivity contribution in [2.75, 3.05) is 0 Å². The van der Waals surface area contributed by atoms with Crippen LogP contribution in [0.15, 0.2) is 72.3 Å². The van der Waals surface area contributed by atoms with Crippen molar-refractivity contribution in [3.05, 3.63) is 89.2 Å². The van der Waals surface area contributed by atoms with E-state index in [0.29, 0.717) is 16.5 Å². The number of hydrogen-bond acceptors (Lipinski definition) is 4. The first kappa shape index (κ1) is 16.3. The third-order valence-corrected chi connectivity index (χ3v) is 4.75. The Balaban J connectivity index is 1.50. The lowest BCUT2D eigenvalue weighted by atomic mass is 10.0. The molecule has 0 spiro atoms. The molecule has 0 radical (unpaired) electrons. The van der Waals surface area contributed by atoms with E-state index in [1.54, 1.807) is 24.5 Å². The van der Waals surface area contributed by atoms with Gasteiger partial charge in [-0.1, -0.05) is 12.1 Å². The lowest BCUT2D eigenvalue weighted by Crippen LogP contribution is -2.21. The second kappa shape index (κ2) is 6.38. The number of pyridine rings is 2. The molecule has 0 fully saturated rings. The van der Waals surface area contributed by atoms with Gasteiger partial charge in [0.25, 0.3) is 5.56 Å². The standard InChI is InChI=1S/C21H14FN5O/c22-18-8-13(16-7-14-3-6-24-20(14)25-9-16)1-2-15(18)11-27-12-26-19-10-23-5-4-17(19)21(27)28/h1-10,12H,11H2,(H,24,25). The van der Waals surface area contributed by atoms with Gasteiger partial charge in [0.1, 0.15) is 11.5 Å². The third kappa shape index (κ3) is 2.73. The molecule has 0 unspecified atom stereocenters. The summed E-state index contributed by atoms with van der Waals surface area (Å²) in [5.74, 6) is -0.381. The highest BCUT2D eigenvalue weighted by molar-refractivity contribution is 5.81. The van der Waals surface area contributed by atoms with Crippen LogP contribution in [0.25, 0.3) is 33.1 Å². The molecule has 28 heavy (non-hydrogen) atoms. The van der Waals surface area contributed by atoms with Crippen LogP contribution in [0.1, 0.15) is 5.56 Å². The molecular weight excluding hydrogens is 357 g/mol. The number of nitrogens with zero attached hydrogens (tertiary/aromatic N) is 4. The molecule has 0 atom stereocenters. The smallest absolute Gasteiger partial charge is 0.261 e. The first-order valence-corrected chi connectivity index (χ1v) is 8.70. The van der Waals surface area contributed by atoms with E-state index in [-0.39, 0.29) is 17.9 Å². The summed E-state index contributed by atoms with van der Waals surface area (Å²) < 4.78 is 16.1. The van der Waals surface area contributed by atoms with E-state index in [0.717, 1.165) is 22.2 Å². The monoisotopic (exact) mass is 371 g/mol. The van der Waals surface area contributed by atoms with Crippen LogP contribution in [0.3, 0.4) is 0 Å². The van der Waals surface area contributed by atoms with Crippen molar-refractivity contribution in [3.8, 4) is 11.1 Å². The van der Waals surface area contributed by atoms with Crippen LogP contribution >= 0.6 is 0 Å². The molecule has 1 N–H and O–H groups in total. The van der Waals surface area contributed by atoms with Crippen molar-refractivity contribution in [3.63, 3.8) is 0 Å². The van der Waals surface area contributed by atoms with Crippen LogP contribution in [-0.2, 0) is 6.54 Å². The van der Waals surface area contributed by atoms with Gasteiger partial charge in [-0.05, 0) is 29.8 Å². The summed E-state index contributed by atoms with van der Waals surface area (Å²) >= 11 is 0. The molecule has 5 aromatic rings. The number of rotatable bonds is 3. The number of fused-ring (bicyclic) bond motifs is 2. The van der Waals surface area contributed by atoms with Gasteiger partial charge in [-0.2, -0.15) is 0 Å². The SMILES string of the molecule is O=c1c2ccncc2ncn1Cc1ccc(-c2cnc3[nH]ccc3c2)cc1F. The summed E-state index contributed by atoms with van der Waals surface area (Å²) in [4.78, 5) is 28.2. The van der Waals surface area contributed by atoms with E-state index in [1.165, 1.54) is 23.2 Å². The van der Waals surface area contributed by atoms with Gasteiger partial charge in [0, 0.05) is 35.1 Å². The Morgan fingerprint density at radius 2 is 1.96 bits per heavy atom. The Morgan fingerprint density at radius 3 is 2.86 bits per heavy atom. The molecule has 0 bridgehead atoms. The molecular formula is C21H14FN5O. The molecule has 0 saturated heterocycles. The van der Waals surface area contributed by atoms with E-state index in [9.17, 15) is 9.18 Å². The summed E-state index contributed by atoms with van der Waals surface area (Å²) in [5.41, 5.74) is 3.06. The predicted octanol–water partition coefficient (Wildman–Crippen LogP) is 3.52. The van der Waals surface area contributed by atoms with E-state index in [4.69, 9.17) is 0 Å². The van der Waals surface area contributed by atoms with Gasteiger partial charge < -0.3 is 4.98 Å². The normalized spacial score (nSPS) is 11.3. The summed E-state index contributed by atoms with van der Waals surface area (Å²) in [6, 6.07) is 10.5. The average Bonchev–Trinajstić information content (AvgIpc) is 3.19.